The lowest BCUT2D eigenvalue weighted by Gasteiger charge is -2.32. The smallest absolute Gasteiger partial charge is 0.335 e. The van der Waals surface area contributed by atoms with Crippen LogP contribution in [0.4, 0.5) is 0 Å². The normalized spacial score (nSPS) is 20.2. The van der Waals surface area contributed by atoms with Gasteiger partial charge in [0.05, 0.1) is 17.9 Å². The molecule has 1 aromatic carbocycles. The summed E-state index contributed by atoms with van der Waals surface area (Å²) in [5, 5.41) is 12.0. The first-order chi connectivity index (χ1) is 12.0. The van der Waals surface area contributed by atoms with Gasteiger partial charge in [-0.3, -0.25) is 9.59 Å². The molecule has 1 atom stereocenters. The van der Waals surface area contributed by atoms with Crippen molar-refractivity contribution in [2.24, 2.45) is 11.8 Å². The number of amides is 2. The van der Waals surface area contributed by atoms with Crippen LogP contribution in [-0.4, -0.2) is 47.4 Å². The molecule has 2 fully saturated rings. The summed E-state index contributed by atoms with van der Waals surface area (Å²) in [4.78, 5) is 37.6. The minimum absolute atomic E-state index is 0.0530. The molecule has 2 aliphatic rings. The molecule has 1 heterocycles. The van der Waals surface area contributed by atoms with Gasteiger partial charge in [-0.15, -0.1) is 0 Å². The van der Waals surface area contributed by atoms with E-state index in [9.17, 15) is 14.4 Å². The average molecular weight is 344 g/mol. The number of likely N-dealkylation sites (tertiary alicyclic amines) is 1. The monoisotopic (exact) mass is 344 g/mol. The number of hydrogen-bond acceptors (Lipinski definition) is 3. The molecule has 1 unspecified atom stereocenters. The molecule has 3 rings (SSSR count). The van der Waals surface area contributed by atoms with Gasteiger partial charge < -0.3 is 15.3 Å². The van der Waals surface area contributed by atoms with E-state index >= 15 is 0 Å². The van der Waals surface area contributed by atoms with E-state index in [4.69, 9.17) is 5.11 Å². The third-order valence-corrected chi connectivity index (χ3v) is 4.94. The second-order valence-corrected chi connectivity index (χ2v) is 7.05. The lowest BCUT2D eigenvalue weighted by molar-refractivity contribution is -0.135. The first-order valence-electron chi connectivity index (χ1n) is 8.90. The van der Waals surface area contributed by atoms with Gasteiger partial charge in [-0.25, -0.2) is 4.79 Å². The number of carbonyl (C=O) groups excluding carboxylic acids is 2. The minimum Gasteiger partial charge on any atom is -0.478 e. The Labute approximate surface area is 147 Å². The van der Waals surface area contributed by atoms with E-state index in [-0.39, 0.29) is 29.7 Å². The maximum absolute atomic E-state index is 12.5. The number of nitrogens with one attached hydrogen (secondary N) is 1. The molecular formula is C19H24N2O4. The van der Waals surface area contributed by atoms with E-state index < -0.39 is 5.97 Å². The van der Waals surface area contributed by atoms with Gasteiger partial charge in [0.15, 0.2) is 0 Å². The van der Waals surface area contributed by atoms with Gasteiger partial charge in [0.1, 0.15) is 0 Å². The molecule has 0 radical (unpaired) electrons. The Morgan fingerprint density at radius 2 is 2.00 bits per heavy atom. The molecule has 2 N–H and O–H groups in total. The highest BCUT2D eigenvalue weighted by atomic mass is 16.4. The zero-order valence-corrected chi connectivity index (χ0v) is 14.2. The first kappa shape index (κ1) is 17.5. The quantitative estimate of drug-likeness (QED) is 0.822. The number of nitrogens with zero attached hydrogens (tertiary/aromatic N) is 1. The van der Waals surface area contributed by atoms with Crippen molar-refractivity contribution in [3.05, 3.63) is 35.4 Å². The van der Waals surface area contributed by atoms with E-state index in [2.05, 4.69) is 5.32 Å². The number of rotatable bonds is 6. The highest BCUT2D eigenvalue weighted by Gasteiger charge is 2.29. The Morgan fingerprint density at radius 1 is 1.20 bits per heavy atom. The Balaban J connectivity index is 1.55. The van der Waals surface area contributed by atoms with Gasteiger partial charge in [-0.2, -0.15) is 0 Å². The first-order valence-corrected chi connectivity index (χ1v) is 8.90. The summed E-state index contributed by atoms with van der Waals surface area (Å²) < 4.78 is 0. The Hall–Kier alpha value is -2.37. The van der Waals surface area contributed by atoms with Crippen LogP contribution in [0.15, 0.2) is 24.3 Å². The van der Waals surface area contributed by atoms with Crippen LogP contribution in [-0.2, 0) is 16.0 Å². The molecule has 1 aliphatic carbocycles. The topological polar surface area (TPSA) is 86.7 Å². The fraction of sp³-hybridized carbons (Fsp3) is 0.526. The number of piperidine rings is 1. The molecule has 1 aliphatic heterocycles. The highest BCUT2D eigenvalue weighted by Crippen LogP contribution is 2.28. The lowest BCUT2D eigenvalue weighted by Crippen LogP contribution is -2.46. The predicted molar refractivity (Wildman–Crippen MR) is 92.1 cm³/mol. The molecule has 1 saturated heterocycles. The van der Waals surface area contributed by atoms with Gasteiger partial charge in [0.25, 0.3) is 0 Å². The molecule has 6 nitrogen and oxygen atoms in total. The largest absolute Gasteiger partial charge is 0.478 e. The van der Waals surface area contributed by atoms with Gasteiger partial charge in [0.2, 0.25) is 11.8 Å². The molecule has 1 saturated carbocycles. The summed E-state index contributed by atoms with van der Waals surface area (Å²) in [5.41, 5.74) is 0.867. The minimum atomic E-state index is -1.00. The highest BCUT2D eigenvalue weighted by molar-refractivity contribution is 5.88. The zero-order valence-electron chi connectivity index (χ0n) is 14.2. The van der Waals surface area contributed by atoms with Crippen LogP contribution in [0.5, 0.6) is 0 Å². The zero-order chi connectivity index (χ0) is 17.8. The molecule has 0 bridgehead atoms. The van der Waals surface area contributed by atoms with Crippen LogP contribution in [0.25, 0.3) is 0 Å². The van der Waals surface area contributed by atoms with Crippen LogP contribution in [0.3, 0.4) is 0 Å². The van der Waals surface area contributed by atoms with Crippen LogP contribution in [0, 0.1) is 11.8 Å². The molecule has 134 valence electrons. The number of aromatic carboxylic acids is 1. The fourth-order valence-electron chi connectivity index (χ4n) is 3.23. The van der Waals surface area contributed by atoms with Gasteiger partial charge >= 0.3 is 5.97 Å². The maximum Gasteiger partial charge on any atom is 0.335 e. The SMILES string of the molecule is O=C(O)c1cccc(CC(=O)N2CCCC(C(=O)NCC3CC3)C2)c1. The lowest BCUT2D eigenvalue weighted by atomic mass is 9.96. The third-order valence-electron chi connectivity index (χ3n) is 4.94. The molecule has 0 spiro atoms. The second-order valence-electron chi connectivity index (χ2n) is 7.05. The Morgan fingerprint density at radius 3 is 2.72 bits per heavy atom. The van der Waals surface area contributed by atoms with Crippen LogP contribution in [0.1, 0.15) is 41.6 Å². The van der Waals surface area contributed by atoms with Crippen molar-refractivity contribution in [3.8, 4) is 0 Å². The van der Waals surface area contributed by atoms with E-state index in [1.807, 2.05) is 0 Å². The van der Waals surface area contributed by atoms with Crippen molar-refractivity contribution >= 4 is 17.8 Å². The summed E-state index contributed by atoms with van der Waals surface area (Å²) in [5.74, 6) is -0.493. The van der Waals surface area contributed by atoms with E-state index in [0.29, 0.717) is 24.6 Å². The van der Waals surface area contributed by atoms with E-state index in [1.165, 1.54) is 25.0 Å². The number of carboxylic acids is 1. The third kappa shape index (κ3) is 4.81. The number of hydrogen-bond donors (Lipinski definition) is 2. The molecular weight excluding hydrogens is 320 g/mol. The number of carboxylic acid groups (broad SMARTS) is 1. The fourth-order valence-corrected chi connectivity index (χ4v) is 3.23. The van der Waals surface area contributed by atoms with Crippen LogP contribution in [0.2, 0.25) is 0 Å². The summed E-state index contributed by atoms with van der Waals surface area (Å²) in [6.45, 7) is 1.86. The van der Waals surface area contributed by atoms with Crippen LogP contribution < -0.4 is 5.32 Å². The molecule has 6 heteroatoms. The predicted octanol–water partition coefficient (Wildman–Crippen LogP) is 1.69. The summed E-state index contributed by atoms with van der Waals surface area (Å²) in [6.07, 6.45) is 4.20. The van der Waals surface area contributed by atoms with Crippen molar-refractivity contribution in [1.82, 2.24) is 10.2 Å². The van der Waals surface area contributed by atoms with E-state index in [1.54, 1.807) is 17.0 Å². The average Bonchev–Trinajstić information content (AvgIpc) is 3.44. The van der Waals surface area contributed by atoms with Gasteiger partial charge in [0, 0.05) is 19.6 Å². The standard InChI is InChI=1S/C19H24N2O4/c22-17(10-14-3-1-4-15(9-14)19(24)25)21-8-2-5-16(12-21)18(23)20-11-13-6-7-13/h1,3-4,9,13,16H,2,5-8,10-12H2,(H,20,23)(H,24,25). The second kappa shape index (κ2) is 7.68. The molecule has 2 amide bonds. The number of carbonyl (C=O) groups is 3. The molecule has 25 heavy (non-hydrogen) atoms. The molecule has 0 aromatic heterocycles. The van der Waals surface area contributed by atoms with Crippen molar-refractivity contribution in [1.29, 1.82) is 0 Å². The maximum atomic E-state index is 12.5. The van der Waals surface area contributed by atoms with Crippen LogP contribution >= 0.6 is 0 Å². The summed E-state index contributed by atoms with van der Waals surface area (Å²) in [6, 6.07) is 6.45. The van der Waals surface area contributed by atoms with Crippen molar-refractivity contribution in [2.75, 3.05) is 19.6 Å². The van der Waals surface area contributed by atoms with E-state index in [0.717, 1.165) is 19.4 Å². The Bertz CT molecular complexity index is 669. The number of benzene rings is 1. The summed E-state index contributed by atoms with van der Waals surface area (Å²) >= 11 is 0. The Kier molecular flexibility index (Phi) is 5.36. The van der Waals surface area contributed by atoms with Gasteiger partial charge in [-0.05, 0) is 49.3 Å². The van der Waals surface area contributed by atoms with Crippen molar-refractivity contribution in [2.45, 2.75) is 32.1 Å². The van der Waals surface area contributed by atoms with Crippen molar-refractivity contribution in [3.63, 3.8) is 0 Å². The molecule has 1 aromatic rings. The van der Waals surface area contributed by atoms with Crippen molar-refractivity contribution < 1.29 is 19.5 Å². The van der Waals surface area contributed by atoms with Gasteiger partial charge in [-0.1, -0.05) is 12.1 Å². The summed E-state index contributed by atoms with van der Waals surface area (Å²) in [7, 11) is 0.